The SMILES string of the molecule is C[C@]12CCC(O)CC1=CCC1C2CC[C@@]2(C)C1CC[C@@H]2CC(O)CC1CCCC1. The van der Waals surface area contributed by atoms with Crippen LogP contribution in [0.4, 0.5) is 0 Å². The zero-order chi connectivity index (χ0) is 20.2. The van der Waals surface area contributed by atoms with Crippen LogP contribution < -0.4 is 0 Å². The first-order valence-corrected chi connectivity index (χ1v) is 13.0. The number of aliphatic hydroxyl groups excluding tert-OH is 2. The maximum Gasteiger partial charge on any atom is 0.0577 e. The van der Waals surface area contributed by atoms with Gasteiger partial charge < -0.3 is 10.2 Å². The number of aliphatic hydroxyl groups is 2. The van der Waals surface area contributed by atoms with Crippen LogP contribution in [0, 0.1) is 40.4 Å². The zero-order valence-electron chi connectivity index (χ0n) is 18.9. The van der Waals surface area contributed by atoms with Gasteiger partial charge in [0.1, 0.15) is 0 Å². The number of fused-ring (bicyclic) bond motifs is 5. The number of hydrogen-bond donors (Lipinski definition) is 2. The Morgan fingerprint density at radius 2 is 1.76 bits per heavy atom. The summed E-state index contributed by atoms with van der Waals surface area (Å²) in [5.74, 6) is 4.06. The summed E-state index contributed by atoms with van der Waals surface area (Å²) in [6.45, 7) is 5.13. The molecule has 8 atom stereocenters. The van der Waals surface area contributed by atoms with Crippen LogP contribution in [0.25, 0.3) is 0 Å². The molecular weight excluding hydrogens is 356 g/mol. The Hall–Kier alpha value is -0.340. The smallest absolute Gasteiger partial charge is 0.0577 e. The Morgan fingerprint density at radius 3 is 2.55 bits per heavy atom. The van der Waals surface area contributed by atoms with Crippen LogP contribution in [0.5, 0.6) is 0 Å². The maximum atomic E-state index is 10.9. The van der Waals surface area contributed by atoms with Crippen molar-refractivity contribution < 1.29 is 10.2 Å². The van der Waals surface area contributed by atoms with Gasteiger partial charge in [-0.1, -0.05) is 51.2 Å². The van der Waals surface area contributed by atoms with Gasteiger partial charge in [0, 0.05) is 0 Å². The molecule has 0 spiro atoms. The Bertz CT molecular complexity index is 634. The molecule has 164 valence electrons. The lowest BCUT2D eigenvalue weighted by molar-refractivity contribution is -0.0561. The fourth-order valence-corrected chi connectivity index (χ4v) is 9.19. The molecule has 0 aromatic rings. The van der Waals surface area contributed by atoms with Crippen molar-refractivity contribution in [3.8, 4) is 0 Å². The lowest BCUT2D eigenvalue weighted by atomic mass is 9.47. The van der Waals surface area contributed by atoms with Gasteiger partial charge in [0.2, 0.25) is 0 Å². The highest BCUT2D eigenvalue weighted by molar-refractivity contribution is 5.25. The van der Waals surface area contributed by atoms with Crippen molar-refractivity contribution in [1.29, 1.82) is 0 Å². The minimum Gasteiger partial charge on any atom is -0.393 e. The lowest BCUT2D eigenvalue weighted by Gasteiger charge is -2.58. The molecule has 2 nitrogen and oxygen atoms in total. The van der Waals surface area contributed by atoms with Crippen LogP contribution >= 0.6 is 0 Å². The topological polar surface area (TPSA) is 40.5 Å². The van der Waals surface area contributed by atoms with Crippen LogP contribution in [0.15, 0.2) is 11.6 Å². The largest absolute Gasteiger partial charge is 0.393 e. The maximum absolute atomic E-state index is 10.9. The quantitative estimate of drug-likeness (QED) is 0.547. The molecule has 0 aromatic carbocycles. The molecule has 2 N–H and O–H groups in total. The van der Waals surface area contributed by atoms with Crippen LogP contribution in [0.2, 0.25) is 0 Å². The van der Waals surface area contributed by atoms with E-state index in [1.165, 1.54) is 64.2 Å². The first-order chi connectivity index (χ1) is 13.9. The van der Waals surface area contributed by atoms with E-state index in [0.717, 1.165) is 55.3 Å². The van der Waals surface area contributed by atoms with Crippen molar-refractivity contribution in [2.45, 2.75) is 116 Å². The molecule has 4 saturated carbocycles. The summed E-state index contributed by atoms with van der Waals surface area (Å²) in [6, 6.07) is 0. The number of hydrogen-bond acceptors (Lipinski definition) is 2. The highest BCUT2D eigenvalue weighted by Crippen LogP contribution is 2.66. The molecule has 2 heteroatoms. The van der Waals surface area contributed by atoms with Gasteiger partial charge in [0.05, 0.1) is 12.2 Å². The summed E-state index contributed by atoms with van der Waals surface area (Å²) in [6.07, 6.45) is 19.8. The van der Waals surface area contributed by atoms with Gasteiger partial charge in [-0.05, 0) is 105 Å². The van der Waals surface area contributed by atoms with Crippen molar-refractivity contribution in [2.24, 2.45) is 40.4 Å². The van der Waals surface area contributed by atoms with Crippen LogP contribution in [0.1, 0.15) is 104 Å². The van der Waals surface area contributed by atoms with Crippen LogP contribution in [-0.2, 0) is 0 Å². The zero-order valence-corrected chi connectivity index (χ0v) is 18.9. The Morgan fingerprint density at radius 1 is 0.966 bits per heavy atom. The fourth-order valence-electron chi connectivity index (χ4n) is 9.19. The molecule has 0 saturated heterocycles. The van der Waals surface area contributed by atoms with E-state index in [0.29, 0.717) is 10.8 Å². The predicted molar refractivity (Wildman–Crippen MR) is 118 cm³/mol. The monoisotopic (exact) mass is 400 g/mol. The summed E-state index contributed by atoms with van der Waals surface area (Å²) in [4.78, 5) is 0. The molecule has 0 bridgehead atoms. The molecular formula is C27H44O2. The molecule has 5 rings (SSSR count). The summed E-state index contributed by atoms with van der Waals surface area (Å²) >= 11 is 0. The van der Waals surface area contributed by atoms with Crippen molar-refractivity contribution in [2.75, 3.05) is 0 Å². The van der Waals surface area contributed by atoms with Gasteiger partial charge in [0.25, 0.3) is 0 Å². The predicted octanol–water partition coefficient (Wildman–Crippen LogP) is 6.26. The minimum atomic E-state index is -0.100. The van der Waals surface area contributed by atoms with Crippen LogP contribution in [0.3, 0.4) is 0 Å². The summed E-state index contributed by atoms with van der Waals surface area (Å²) in [5, 5.41) is 21.1. The molecule has 5 unspecified atom stereocenters. The first-order valence-electron chi connectivity index (χ1n) is 13.0. The van der Waals surface area contributed by atoms with E-state index < -0.39 is 0 Å². The second-order valence-corrected chi connectivity index (χ2v) is 12.3. The van der Waals surface area contributed by atoms with Gasteiger partial charge in [-0.3, -0.25) is 0 Å². The fraction of sp³-hybridized carbons (Fsp3) is 0.926. The second kappa shape index (κ2) is 7.66. The highest BCUT2D eigenvalue weighted by Gasteiger charge is 2.58. The van der Waals surface area contributed by atoms with E-state index in [1.54, 1.807) is 5.57 Å². The van der Waals surface area contributed by atoms with Gasteiger partial charge in [-0.2, -0.15) is 0 Å². The van der Waals surface area contributed by atoms with Gasteiger partial charge in [-0.15, -0.1) is 0 Å². The number of rotatable bonds is 4. The van der Waals surface area contributed by atoms with Crippen molar-refractivity contribution in [3.63, 3.8) is 0 Å². The first kappa shape index (κ1) is 20.6. The molecule has 4 fully saturated rings. The van der Waals surface area contributed by atoms with E-state index in [9.17, 15) is 10.2 Å². The minimum absolute atomic E-state index is 0.0633. The van der Waals surface area contributed by atoms with Crippen LogP contribution in [-0.4, -0.2) is 22.4 Å². The van der Waals surface area contributed by atoms with Gasteiger partial charge in [0.15, 0.2) is 0 Å². The Kier molecular flexibility index (Phi) is 5.43. The van der Waals surface area contributed by atoms with E-state index in [-0.39, 0.29) is 12.2 Å². The summed E-state index contributed by atoms with van der Waals surface area (Å²) < 4.78 is 0. The van der Waals surface area contributed by atoms with E-state index >= 15 is 0 Å². The molecule has 0 radical (unpaired) electrons. The average Bonchev–Trinajstić information content (AvgIpc) is 3.30. The molecule has 5 aliphatic carbocycles. The Labute approximate surface area is 178 Å². The third-order valence-electron chi connectivity index (χ3n) is 10.9. The molecule has 29 heavy (non-hydrogen) atoms. The molecule has 0 aromatic heterocycles. The Balaban J connectivity index is 1.29. The normalized spacial score (nSPS) is 48.6. The third-order valence-corrected chi connectivity index (χ3v) is 10.9. The third kappa shape index (κ3) is 3.45. The van der Waals surface area contributed by atoms with E-state index in [1.807, 2.05) is 0 Å². The standard InChI is InChI=1S/C27H44O2/c1-26-13-11-21(28)16-19(26)7-9-23-24-10-8-20(27(24,2)14-12-25(23)26)17-22(29)15-18-5-3-4-6-18/h7,18,20-25,28-29H,3-6,8-17H2,1-2H3/t20-,21?,22?,23?,24?,25?,26+,27-/m1/s1. The summed E-state index contributed by atoms with van der Waals surface area (Å²) in [5.41, 5.74) is 2.39. The number of allylic oxidation sites excluding steroid dienone is 1. The lowest BCUT2D eigenvalue weighted by Crippen LogP contribution is -2.50. The molecule has 5 aliphatic rings. The second-order valence-electron chi connectivity index (χ2n) is 12.3. The molecule has 0 amide bonds. The average molecular weight is 401 g/mol. The van der Waals surface area contributed by atoms with E-state index in [4.69, 9.17) is 0 Å². The van der Waals surface area contributed by atoms with E-state index in [2.05, 4.69) is 19.9 Å². The molecule has 0 heterocycles. The summed E-state index contributed by atoms with van der Waals surface area (Å²) in [7, 11) is 0. The van der Waals surface area contributed by atoms with Gasteiger partial charge >= 0.3 is 0 Å². The van der Waals surface area contributed by atoms with Crippen molar-refractivity contribution in [3.05, 3.63) is 11.6 Å². The van der Waals surface area contributed by atoms with Crippen molar-refractivity contribution >= 4 is 0 Å². The van der Waals surface area contributed by atoms with Gasteiger partial charge in [-0.25, -0.2) is 0 Å². The molecule has 0 aliphatic heterocycles. The van der Waals surface area contributed by atoms with Crippen molar-refractivity contribution in [1.82, 2.24) is 0 Å². The highest BCUT2D eigenvalue weighted by atomic mass is 16.3.